The number of aromatic nitrogens is 1. The maximum atomic E-state index is 10.9. The van der Waals surface area contributed by atoms with Gasteiger partial charge in [0.2, 0.25) is 5.91 Å². The molecule has 20 heavy (non-hydrogen) atoms. The molecule has 1 fully saturated rings. The molecule has 0 bridgehead atoms. The molecule has 0 radical (unpaired) electrons. The molecule has 1 aromatic heterocycles. The number of hydrogen-bond donors (Lipinski definition) is 1. The number of carbonyl (C=O) groups excluding carboxylic acids is 1. The maximum Gasteiger partial charge on any atom is 0.216 e. The minimum Gasteiger partial charge on any atom is -0.356 e. The zero-order chi connectivity index (χ0) is 14.5. The molecule has 1 aromatic rings. The Balaban J connectivity index is 1.82. The highest BCUT2D eigenvalue weighted by atomic mass is 35.5. The van der Waals surface area contributed by atoms with Gasteiger partial charge in [-0.2, -0.15) is 0 Å². The molecule has 2 rings (SSSR count). The van der Waals surface area contributed by atoms with E-state index < -0.39 is 0 Å². The van der Waals surface area contributed by atoms with Crippen LogP contribution in [0.25, 0.3) is 0 Å². The van der Waals surface area contributed by atoms with Gasteiger partial charge < -0.3 is 5.32 Å². The average molecular weight is 316 g/mol. The average Bonchev–Trinajstić information content (AvgIpc) is 2.42. The Morgan fingerprint density at radius 3 is 2.75 bits per heavy atom. The molecular formula is C14H19Cl2N3O. The number of piperidine rings is 1. The topological polar surface area (TPSA) is 45.2 Å². The van der Waals surface area contributed by atoms with Gasteiger partial charge in [-0.25, -0.2) is 4.98 Å². The van der Waals surface area contributed by atoms with Crippen molar-refractivity contribution in [1.29, 1.82) is 0 Å². The fourth-order valence-corrected chi connectivity index (χ4v) is 2.75. The third-order valence-corrected chi connectivity index (χ3v) is 4.16. The van der Waals surface area contributed by atoms with Crippen molar-refractivity contribution in [3.8, 4) is 0 Å². The lowest BCUT2D eigenvalue weighted by molar-refractivity contribution is -0.119. The molecule has 110 valence electrons. The summed E-state index contributed by atoms with van der Waals surface area (Å²) >= 11 is 12.0. The van der Waals surface area contributed by atoms with Gasteiger partial charge in [-0.1, -0.05) is 23.2 Å². The summed E-state index contributed by atoms with van der Waals surface area (Å²) in [5.41, 5.74) is 0.833. The highest BCUT2D eigenvalue weighted by molar-refractivity contribution is 6.32. The summed E-state index contributed by atoms with van der Waals surface area (Å²) in [6.45, 7) is 5.05. The van der Waals surface area contributed by atoms with Crippen molar-refractivity contribution in [2.24, 2.45) is 5.92 Å². The van der Waals surface area contributed by atoms with Crippen molar-refractivity contribution in [2.45, 2.75) is 26.3 Å². The summed E-state index contributed by atoms with van der Waals surface area (Å²) in [4.78, 5) is 17.5. The van der Waals surface area contributed by atoms with Crippen LogP contribution in [-0.4, -0.2) is 35.4 Å². The van der Waals surface area contributed by atoms with Crippen LogP contribution >= 0.6 is 23.2 Å². The normalized spacial score (nSPS) is 17.1. The summed E-state index contributed by atoms with van der Waals surface area (Å²) in [6.07, 6.45) is 2.16. The van der Waals surface area contributed by atoms with Crippen molar-refractivity contribution in [2.75, 3.05) is 19.6 Å². The van der Waals surface area contributed by atoms with E-state index in [9.17, 15) is 4.79 Å². The van der Waals surface area contributed by atoms with E-state index in [0.29, 0.717) is 16.1 Å². The van der Waals surface area contributed by atoms with E-state index in [0.717, 1.165) is 44.7 Å². The monoisotopic (exact) mass is 315 g/mol. The molecule has 1 saturated heterocycles. The van der Waals surface area contributed by atoms with Crippen LogP contribution in [0, 0.1) is 5.92 Å². The van der Waals surface area contributed by atoms with Gasteiger partial charge in [0.25, 0.3) is 0 Å². The van der Waals surface area contributed by atoms with Crippen molar-refractivity contribution in [3.05, 3.63) is 28.0 Å². The fourth-order valence-electron chi connectivity index (χ4n) is 2.42. The molecule has 1 N–H and O–H groups in total. The molecule has 1 aliphatic heterocycles. The van der Waals surface area contributed by atoms with Crippen LogP contribution in [0.1, 0.15) is 25.5 Å². The molecular weight excluding hydrogens is 297 g/mol. The first-order valence-electron chi connectivity index (χ1n) is 6.82. The highest BCUT2D eigenvalue weighted by Crippen LogP contribution is 2.22. The van der Waals surface area contributed by atoms with E-state index in [2.05, 4.69) is 15.2 Å². The zero-order valence-electron chi connectivity index (χ0n) is 11.5. The Bertz CT molecular complexity index is 473. The van der Waals surface area contributed by atoms with Gasteiger partial charge in [0.05, 0.1) is 10.7 Å². The van der Waals surface area contributed by atoms with Gasteiger partial charge >= 0.3 is 0 Å². The minimum absolute atomic E-state index is 0.0438. The van der Waals surface area contributed by atoms with Crippen LogP contribution in [0.3, 0.4) is 0 Å². The summed E-state index contributed by atoms with van der Waals surface area (Å²) in [7, 11) is 0. The first-order chi connectivity index (χ1) is 9.54. The molecule has 6 heteroatoms. The van der Waals surface area contributed by atoms with E-state index in [-0.39, 0.29) is 5.91 Å². The molecule has 0 unspecified atom stereocenters. The number of carbonyl (C=O) groups is 1. The maximum absolute atomic E-state index is 10.9. The number of amides is 1. The lowest BCUT2D eigenvalue weighted by Gasteiger charge is -2.31. The smallest absolute Gasteiger partial charge is 0.216 e. The largest absolute Gasteiger partial charge is 0.356 e. The van der Waals surface area contributed by atoms with Gasteiger partial charge in [-0.05, 0) is 44.0 Å². The van der Waals surface area contributed by atoms with Gasteiger partial charge in [0, 0.05) is 20.0 Å². The third-order valence-electron chi connectivity index (χ3n) is 3.60. The van der Waals surface area contributed by atoms with E-state index in [1.54, 1.807) is 19.1 Å². The highest BCUT2D eigenvalue weighted by Gasteiger charge is 2.20. The first-order valence-corrected chi connectivity index (χ1v) is 7.58. The second kappa shape index (κ2) is 7.25. The summed E-state index contributed by atoms with van der Waals surface area (Å²) in [5, 5.41) is 4.03. The van der Waals surface area contributed by atoms with Crippen LogP contribution < -0.4 is 5.32 Å². The van der Waals surface area contributed by atoms with Gasteiger partial charge in [-0.3, -0.25) is 9.69 Å². The second-order valence-corrected chi connectivity index (χ2v) is 6.01. The van der Waals surface area contributed by atoms with Gasteiger partial charge in [0.1, 0.15) is 5.15 Å². The number of pyridine rings is 1. The Morgan fingerprint density at radius 1 is 1.40 bits per heavy atom. The SMILES string of the molecule is CC(=O)NCC1CCN(Cc2nc(Cl)ccc2Cl)CC1. The molecule has 0 aromatic carbocycles. The Kier molecular flexibility index (Phi) is 5.64. The Labute approximate surface area is 129 Å². The van der Waals surface area contributed by atoms with Gasteiger partial charge in [0.15, 0.2) is 0 Å². The Morgan fingerprint density at radius 2 is 2.10 bits per heavy atom. The number of likely N-dealkylation sites (tertiary alicyclic amines) is 1. The molecule has 0 atom stereocenters. The number of halogens is 2. The number of nitrogens with one attached hydrogen (secondary N) is 1. The third kappa shape index (κ3) is 4.62. The van der Waals surface area contributed by atoms with Crippen LogP contribution in [0.15, 0.2) is 12.1 Å². The van der Waals surface area contributed by atoms with Crippen molar-refractivity contribution < 1.29 is 4.79 Å². The van der Waals surface area contributed by atoms with E-state index in [1.165, 1.54) is 0 Å². The zero-order valence-corrected chi connectivity index (χ0v) is 13.0. The fraction of sp³-hybridized carbons (Fsp3) is 0.571. The van der Waals surface area contributed by atoms with Crippen molar-refractivity contribution in [1.82, 2.24) is 15.2 Å². The predicted octanol–water partition coefficient (Wildman–Crippen LogP) is 2.74. The second-order valence-electron chi connectivity index (χ2n) is 5.22. The molecule has 0 saturated carbocycles. The summed E-state index contributed by atoms with van der Waals surface area (Å²) in [6, 6.07) is 3.49. The molecule has 0 spiro atoms. The van der Waals surface area contributed by atoms with E-state index in [4.69, 9.17) is 23.2 Å². The van der Waals surface area contributed by atoms with Crippen LogP contribution in [-0.2, 0) is 11.3 Å². The first kappa shape index (κ1) is 15.5. The number of rotatable bonds is 4. The number of hydrogen-bond acceptors (Lipinski definition) is 3. The van der Waals surface area contributed by atoms with Crippen LogP contribution in [0.5, 0.6) is 0 Å². The predicted molar refractivity (Wildman–Crippen MR) is 80.9 cm³/mol. The molecule has 0 aliphatic carbocycles. The number of nitrogens with zero attached hydrogens (tertiary/aromatic N) is 2. The van der Waals surface area contributed by atoms with Gasteiger partial charge in [-0.15, -0.1) is 0 Å². The van der Waals surface area contributed by atoms with Crippen LogP contribution in [0.4, 0.5) is 0 Å². The molecule has 1 aliphatic rings. The van der Waals surface area contributed by atoms with E-state index in [1.807, 2.05) is 0 Å². The van der Waals surface area contributed by atoms with Crippen molar-refractivity contribution in [3.63, 3.8) is 0 Å². The molecule has 1 amide bonds. The molecule has 4 nitrogen and oxygen atoms in total. The van der Waals surface area contributed by atoms with E-state index >= 15 is 0 Å². The van der Waals surface area contributed by atoms with Crippen LogP contribution in [0.2, 0.25) is 10.2 Å². The summed E-state index contributed by atoms with van der Waals surface area (Å²) < 4.78 is 0. The quantitative estimate of drug-likeness (QED) is 0.869. The lowest BCUT2D eigenvalue weighted by Crippen LogP contribution is -2.38. The minimum atomic E-state index is 0.0438. The summed E-state index contributed by atoms with van der Waals surface area (Å²) in [5.74, 6) is 0.611. The molecule has 2 heterocycles. The van der Waals surface area contributed by atoms with Crippen molar-refractivity contribution >= 4 is 29.1 Å². The lowest BCUT2D eigenvalue weighted by atomic mass is 9.96. The Hall–Kier alpha value is -0.840. The standard InChI is InChI=1S/C14H19Cl2N3O/c1-10(20)17-8-11-4-6-19(7-5-11)9-13-12(15)2-3-14(16)18-13/h2-3,11H,4-9H2,1H3,(H,17,20).